The molecule has 0 aliphatic carbocycles. The number of aromatic nitrogens is 5. The average Bonchev–Trinajstić information content (AvgIpc) is 3.54. The Morgan fingerprint density at radius 1 is 1.02 bits per heavy atom. The van der Waals surface area contributed by atoms with Gasteiger partial charge in [-0.15, -0.1) is 0 Å². The van der Waals surface area contributed by atoms with E-state index in [-0.39, 0.29) is 11.7 Å². The molecular weight excluding hydrogens is 520 g/mol. The third kappa shape index (κ3) is 5.28. The Labute approximate surface area is 237 Å². The number of aromatic carboxylic acids is 1. The molecule has 0 spiro atoms. The highest BCUT2D eigenvalue weighted by Gasteiger charge is 2.26. The standard InChI is InChI=1S/C31H32N6O4/c38-31(39)22-7-8-26-28(16-22)36(18-24-11-15-40-24)29(33-26)19-35-13-9-21(10-14-35)25-4-3-6-30(34-25)41-20-23-17-32-37-12-2-1-5-27(23)37/h1-8,12,16-17,21,24H,9-11,13-15,18-20H2,(H,38,39)/t24-/m0/s1. The van der Waals surface area contributed by atoms with Crippen LogP contribution in [0.4, 0.5) is 0 Å². The van der Waals surface area contributed by atoms with Crippen molar-refractivity contribution in [3.05, 3.63) is 89.6 Å². The zero-order chi connectivity index (χ0) is 27.8. The molecule has 1 N–H and O–H groups in total. The van der Waals surface area contributed by atoms with E-state index >= 15 is 0 Å². The average molecular weight is 553 g/mol. The minimum atomic E-state index is -0.929. The maximum Gasteiger partial charge on any atom is 0.335 e. The normalized spacial score (nSPS) is 18.1. The number of likely N-dealkylation sites (tertiary alicyclic amines) is 1. The highest BCUT2D eigenvalue weighted by atomic mass is 16.5. The number of ether oxygens (including phenoxy) is 2. The van der Waals surface area contributed by atoms with Gasteiger partial charge in [-0.1, -0.05) is 12.1 Å². The second-order valence-electron chi connectivity index (χ2n) is 10.9. The number of hydrogen-bond donors (Lipinski definition) is 1. The number of carboxylic acid groups (broad SMARTS) is 1. The molecule has 2 aliphatic heterocycles. The summed E-state index contributed by atoms with van der Waals surface area (Å²) in [6.07, 6.45) is 6.93. The van der Waals surface area contributed by atoms with E-state index in [9.17, 15) is 9.90 Å². The molecule has 5 aromatic rings. The first-order valence-electron chi connectivity index (χ1n) is 14.2. The van der Waals surface area contributed by atoms with Crippen LogP contribution in [0.2, 0.25) is 0 Å². The quantitative estimate of drug-likeness (QED) is 0.284. The predicted octanol–water partition coefficient (Wildman–Crippen LogP) is 4.52. The SMILES string of the molecule is O=C(O)c1ccc2nc(CN3CCC(c4cccc(OCc5cnn6ccccc56)n4)CC3)n(C[C@@H]3CCO3)c2c1. The molecule has 7 rings (SSSR count). The Kier molecular flexibility index (Phi) is 6.85. The summed E-state index contributed by atoms with van der Waals surface area (Å²) in [7, 11) is 0. The smallest absolute Gasteiger partial charge is 0.335 e. The Morgan fingerprint density at radius 2 is 1.90 bits per heavy atom. The van der Waals surface area contributed by atoms with Crippen LogP contribution in [0.1, 0.15) is 52.6 Å². The van der Waals surface area contributed by atoms with Crippen molar-refractivity contribution in [3.8, 4) is 5.88 Å². The summed E-state index contributed by atoms with van der Waals surface area (Å²) in [5, 5.41) is 13.9. The molecule has 10 heteroatoms. The van der Waals surface area contributed by atoms with E-state index in [1.807, 2.05) is 53.3 Å². The van der Waals surface area contributed by atoms with Crippen LogP contribution in [0.3, 0.4) is 0 Å². The summed E-state index contributed by atoms with van der Waals surface area (Å²) in [6.45, 7) is 4.47. The highest BCUT2D eigenvalue weighted by Crippen LogP contribution is 2.30. The first-order valence-corrected chi connectivity index (χ1v) is 14.2. The van der Waals surface area contributed by atoms with Gasteiger partial charge in [-0.05, 0) is 68.8 Å². The molecule has 0 saturated carbocycles. The van der Waals surface area contributed by atoms with Gasteiger partial charge >= 0.3 is 5.97 Å². The zero-order valence-corrected chi connectivity index (χ0v) is 22.7. The van der Waals surface area contributed by atoms with Crippen molar-refractivity contribution in [3.63, 3.8) is 0 Å². The number of carboxylic acids is 1. The van der Waals surface area contributed by atoms with Crippen LogP contribution < -0.4 is 4.74 Å². The van der Waals surface area contributed by atoms with Gasteiger partial charge in [0.25, 0.3) is 0 Å². The van der Waals surface area contributed by atoms with Gasteiger partial charge in [-0.2, -0.15) is 5.10 Å². The molecule has 0 unspecified atom stereocenters. The number of hydrogen-bond acceptors (Lipinski definition) is 7. The van der Waals surface area contributed by atoms with Gasteiger partial charge in [0.2, 0.25) is 5.88 Å². The third-order valence-corrected chi connectivity index (χ3v) is 8.25. The summed E-state index contributed by atoms with van der Waals surface area (Å²) in [4.78, 5) is 23.8. The molecule has 2 saturated heterocycles. The lowest BCUT2D eigenvalue weighted by molar-refractivity contribution is -0.0592. The number of fused-ring (bicyclic) bond motifs is 2. The molecule has 0 bridgehead atoms. The van der Waals surface area contributed by atoms with Crippen LogP contribution in [0, 0.1) is 0 Å². The first kappa shape index (κ1) is 25.7. The van der Waals surface area contributed by atoms with Crippen molar-refractivity contribution in [1.82, 2.24) is 29.0 Å². The Bertz CT molecular complexity index is 1700. The van der Waals surface area contributed by atoms with E-state index in [0.29, 0.717) is 31.5 Å². The summed E-state index contributed by atoms with van der Waals surface area (Å²) >= 11 is 0. The number of piperidine rings is 1. The number of benzene rings is 1. The van der Waals surface area contributed by atoms with Crippen LogP contribution in [0.15, 0.2) is 67.0 Å². The van der Waals surface area contributed by atoms with E-state index in [2.05, 4.69) is 20.6 Å². The molecule has 1 atom stereocenters. The largest absolute Gasteiger partial charge is 0.478 e. The second kappa shape index (κ2) is 10.9. The molecule has 0 radical (unpaired) electrons. The van der Waals surface area contributed by atoms with Crippen molar-refractivity contribution in [2.45, 2.75) is 51.0 Å². The van der Waals surface area contributed by atoms with Crippen LogP contribution >= 0.6 is 0 Å². The van der Waals surface area contributed by atoms with E-state index in [1.165, 1.54) is 0 Å². The van der Waals surface area contributed by atoms with Crippen molar-refractivity contribution in [2.75, 3.05) is 19.7 Å². The fourth-order valence-electron chi connectivity index (χ4n) is 5.84. The molecule has 2 aliphatic rings. The number of rotatable bonds is 9. The number of pyridine rings is 2. The van der Waals surface area contributed by atoms with Gasteiger partial charge in [-0.25, -0.2) is 19.3 Å². The lowest BCUT2D eigenvalue weighted by Crippen LogP contribution is -2.35. The zero-order valence-electron chi connectivity index (χ0n) is 22.7. The van der Waals surface area contributed by atoms with Gasteiger partial charge in [0, 0.05) is 36.0 Å². The topological polar surface area (TPSA) is 107 Å². The Morgan fingerprint density at radius 3 is 2.71 bits per heavy atom. The Hall–Kier alpha value is -4.28. The van der Waals surface area contributed by atoms with Crippen molar-refractivity contribution < 1.29 is 19.4 Å². The lowest BCUT2D eigenvalue weighted by atomic mass is 9.93. The molecule has 6 heterocycles. The minimum absolute atomic E-state index is 0.152. The van der Waals surface area contributed by atoms with E-state index < -0.39 is 5.97 Å². The fraction of sp³-hybridized carbons (Fsp3) is 0.355. The first-order chi connectivity index (χ1) is 20.1. The van der Waals surface area contributed by atoms with E-state index in [4.69, 9.17) is 19.4 Å². The number of nitrogens with zero attached hydrogens (tertiary/aromatic N) is 6. The lowest BCUT2D eigenvalue weighted by Gasteiger charge is -2.32. The van der Waals surface area contributed by atoms with Crippen LogP contribution in [-0.2, 0) is 24.4 Å². The summed E-state index contributed by atoms with van der Waals surface area (Å²) < 4.78 is 15.8. The fourth-order valence-corrected chi connectivity index (χ4v) is 5.84. The summed E-state index contributed by atoms with van der Waals surface area (Å²) in [6, 6.07) is 17.2. The maximum atomic E-state index is 11.6. The minimum Gasteiger partial charge on any atom is -0.478 e. The number of imidazole rings is 1. The van der Waals surface area contributed by atoms with E-state index in [1.54, 1.807) is 12.1 Å². The Balaban J connectivity index is 1.01. The molecular formula is C31H32N6O4. The number of carbonyl (C=O) groups is 1. The van der Waals surface area contributed by atoms with Crippen molar-refractivity contribution >= 4 is 22.5 Å². The van der Waals surface area contributed by atoms with Gasteiger partial charge < -0.3 is 19.1 Å². The molecule has 41 heavy (non-hydrogen) atoms. The van der Waals surface area contributed by atoms with Gasteiger partial charge in [0.05, 0.1) is 47.5 Å². The predicted molar refractivity (Wildman–Crippen MR) is 152 cm³/mol. The van der Waals surface area contributed by atoms with Crippen molar-refractivity contribution in [2.24, 2.45) is 0 Å². The van der Waals surface area contributed by atoms with Crippen LogP contribution in [0.25, 0.3) is 16.6 Å². The summed E-state index contributed by atoms with van der Waals surface area (Å²) in [5.41, 5.74) is 5.09. The summed E-state index contributed by atoms with van der Waals surface area (Å²) in [5.74, 6) is 1.03. The van der Waals surface area contributed by atoms with Gasteiger partial charge in [0.15, 0.2) is 0 Å². The van der Waals surface area contributed by atoms with Gasteiger partial charge in [0.1, 0.15) is 12.4 Å². The van der Waals surface area contributed by atoms with Crippen LogP contribution in [-0.4, -0.2) is 65.9 Å². The monoisotopic (exact) mass is 552 g/mol. The second-order valence-corrected chi connectivity index (χ2v) is 10.9. The molecule has 1 aromatic carbocycles. The molecule has 10 nitrogen and oxygen atoms in total. The molecule has 210 valence electrons. The molecule has 0 amide bonds. The van der Waals surface area contributed by atoms with Crippen molar-refractivity contribution in [1.29, 1.82) is 0 Å². The maximum absolute atomic E-state index is 11.6. The van der Waals surface area contributed by atoms with E-state index in [0.717, 1.165) is 72.6 Å². The highest BCUT2D eigenvalue weighted by molar-refractivity contribution is 5.92. The molecule has 4 aromatic heterocycles. The molecule has 2 fully saturated rings. The van der Waals surface area contributed by atoms with Crippen LogP contribution in [0.5, 0.6) is 5.88 Å². The third-order valence-electron chi connectivity index (χ3n) is 8.25. The van der Waals surface area contributed by atoms with Gasteiger partial charge in [-0.3, -0.25) is 4.90 Å².